The average molecular weight is 415 g/mol. The van der Waals surface area contributed by atoms with E-state index in [9.17, 15) is 9.59 Å². The number of nitrogens with one attached hydrogen (secondary N) is 1. The van der Waals surface area contributed by atoms with Crippen LogP contribution < -0.4 is 15.8 Å². The SMILES string of the molecule is COc1ccc(CCNC(=O)c2cc(-c3ccccc3)nc3c(C(N)=O)ncn23)cc1. The molecule has 0 bridgehead atoms. The predicted octanol–water partition coefficient (Wildman–Crippen LogP) is 2.48. The number of hydrogen-bond donors (Lipinski definition) is 2. The van der Waals surface area contributed by atoms with Gasteiger partial charge in [-0.2, -0.15) is 0 Å². The zero-order valence-electron chi connectivity index (χ0n) is 16.9. The number of methoxy groups -OCH3 is 1. The van der Waals surface area contributed by atoms with E-state index < -0.39 is 5.91 Å². The van der Waals surface area contributed by atoms with Gasteiger partial charge in [-0.25, -0.2) is 9.97 Å². The van der Waals surface area contributed by atoms with Crippen LogP contribution >= 0.6 is 0 Å². The van der Waals surface area contributed by atoms with Crippen molar-refractivity contribution < 1.29 is 14.3 Å². The summed E-state index contributed by atoms with van der Waals surface area (Å²) in [5, 5.41) is 2.92. The standard InChI is InChI=1S/C23H21N5O3/c1-31-17-9-7-15(8-10-17)11-12-25-23(30)19-13-18(16-5-3-2-4-6-16)27-22-20(21(24)29)26-14-28(19)22/h2-10,13-14H,11-12H2,1H3,(H2,24,29)(H,25,30). The molecule has 0 saturated heterocycles. The summed E-state index contributed by atoms with van der Waals surface area (Å²) in [6.45, 7) is 0.438. The van der Waals surface area contributed by atoms with Crippen LogP contribution in [0.3, 0.4) is 0 Å². The smallest absolute Gasteiger partial charge is 0.271 e. The molecule has 2 aromatic heterocycles. The lowest BCUT2D eigenvalue weighted by Gasteiger charge is -2.10. The van der Waals surface area contributed by atoms with Gasteiger partial charge in [-0.1, -0.05) is 42.5 Å². The van der Waals surface area contributed by atoms with E-state index >= 15 is 0 Å². The first-order chi connectivity index (χ1) is 15.1. The number of hydrogen-bond acceptors (Lipinski definition) is 5. The highest BCUT2D eigenvalue weighted by Gasteiger charge is 2.19. The summed E-state index contributed by atoms with van der Waals surface area (Å²) in [6.07, 6.45) is 2.04. The molecule has 2 amide bonds. The van der Waals surface area contributed by atoms with Crippen LogP contribution in [0.15, 0.2) is 67.0 Å². The second-order valence-electron chi connectivity index (χ2n) is 6.90. The third-order valence-electron chi connectivity index (χ3n) is 4.90. The first-order valence-electron chi connectivity index (χ1n) is 9.71. The van der Waals surface area contributed by atoms with Gasteiger partial charge in [-0.3, -0.25) is 14.0 Å². The molecule has 2 heterocycles. The molecule has 0 aliphatic rings. The van der Waals surface area contributed by atoms with Crippen LogP contribution in [-0.2, 0) is 6.42 Å². The second-order valence-corrected chi connectivity index (χ2v) is 6.90. The number of amides is 2. The Kier molecular flexibility index (Phi) is 5.61. The highest BCUT2D eigenvalue weighted by Crippen LogP contribution is 2.21. The molecule has 0 radical (unpaired) electrons. The highest BCUT2D eigenvalue weighted by molar-refractivity contribution is 5.99. The average Bonchev–Trinajstić information content (AvgIpc) is 3.24. The molecule has 8 heteroatoms. The highest BCUT2D eigenvalue weighted by atomic mass is 16.5. The molecule has 2 aromatic carbocycles. The summed E-state index contributed by atoms with van der Waals surface area (Å²) in [6, 6.07) is 18.8. The Hall–Kier alpha value is -4.20. The van der Waals surface area contributed by atoms with Crippen molar-refractivity contribution >= 4 is 17.5 Å². The Morgan fingerprint density at radius 2 is 1.84 bits per heavy atom. The van der Waals surface area contributed by atoms with Gasteiger partial charge in [0.25, 0.3) is 11.8 Å². The van der Waals surface area contributed by atoms with E-state index in [-0.39, 0.29) is 17.2 Å². The van der Waals surface area contributed by atoms with E-state index in [0.717, 1.165) is 16.9 Å². The summed E-state index contributed by atoms with van der Waals surface area (Å²) < 4.78 is 6.64. The van der Waals surface area contributed by atoms with Gasteiger partial charge in [0.1, 0.15) is 17.8 Å². The van der Waals surface area contributed by atoms with Crippen molar-refractivity contribution in [1.29, 1.82) is 0 Å². The molecule has 4 rings (SSSR count). The fourth-order valence-electron chi connectivity index (χ4n) is 3.28. The Balaban J connectivity index is 1.61. The summed E-state index contributed by atoms with van der Waals surface area (Å²) in [7, 11) is 1.62. The molecule has 8 nitrogen and oxygen atoms in total. The minimum atomic E-state index is -0.703. The van der Waals surface area contributed by atoms with Crippen LogP contribution in [0.5, 0.6) is 5.75 Å². The molecule has 0 aliphatic carbocycles. The van der Waals surface area contributed by atoms with Gasteiger partial charge in [0, 0.05) is 12.1 Å². The summed E-state index contributed by atoms with van der Waals surface area (Å²) in [5.41, 5.74) is 8.46. The number of benzene rings is 2. The van der Waals surface area contributed by atoms with Crippen LogP contribution in [0.4, 0.5) is 0 Å². The number of fused-ring (bicyclic) bond motifs is 1. The fourth-order valence-corrected chi connectivity index (χ4v) is 3.28. The lowest BCUT2D eigenvalue weighted by Crippen LogP contribution is -2.27. The van der Waals surface area contributed by atoms with Crippen molar-refractivity contribution in [2.45, 2.75) is 6.42 Å². The molecule has 0 unspecified atom stereocenters. The van der Waals surface area contributed by atoms with Crippen molar-refractivity contribution in [3.8, 4) is 17.0 Å². The Labute approximate surface area is 178 Å². The van der Waals surface area contributed by atoms with Crippen molar-refractivity contribution in [3.05, 3.63) is 83.9 Å². The third kappa shape index (κ3) is 4.23. The molecular weight excluding hydrogens is 394 g/mol. The minimum absolute atomic E-state index is 0.0186. The van der Waals surface area contributed by atoms with Gasteiger partial charge in [-0.15, -0.1) is 0 Å². The molecule has 156 valence electrons. The zero-order chi connectivity index (χ0) is 21.8. The number of primary amides is 1. The normalized spacial score (nSPS) is 10.7. The molecule has 0 fully saturated rings. The number of imidazole rings is 1. The number of carbonyl (C=O) groups excluding carboxylic acids is 2. The molecule has 3 N–H and O–H groups in total. The fraction of sp³-hybridized carbons (Fsp3) is 0.130. The summed E-state index contributed by atoms with van der Waals surface area (Å²) in [5.74, 6) is -0.219. The summed E-state index contributed by atoms with van der Waals surface area (Å²) >= 11 is 0. The molecule has 0 aliphatic heterocycles. The van der Waals surface area contributed by atoms with Gasteiger partial charge < -0.3 is 15.8 Å². The molecular formula is C23H21N5O3. The molecule has 0 spiro atoms. The molecule has 0 atom stereocenters. The molecule has 4 aromatic rings. The van der Waals surface area contributed by atoms with Gasteiger partial charge >= 0.3 is 0 Å². The number of rotatable bonds is 7. The largest absolute Gasteiger partial charge is 0.497 e. The van der Waals surface area contributed by atoms with E-state index in [4.69, 9.17) is 10.5 Å². The van der Waals surface area contributed by atoms with E-state index in [2.05, 4.69) is 15.3 Å². The van der Waals surface area contributed by atoms with Crippen LogP contribution in [0.2, 0.25) is 0 Å². The summed E-state index contributed by atoms with van der Waals surface area (Å²) in [4.78, 5) is 33.3. The predicted molar refractivity (Wildman–Crippen MR) is 116 cm³/mol. The number of nitrogens with two attached hydrogens (primary N) is 1. The van der Waals surface area contributed by atoms with Crippen LogP contribution in [-0.4, -0.2) is 39.8 Å². The van der Waals surface area contributed by atoms with Gasteiger partial charge in [0.05, 0.1) is 12.8 Å². The monoisotopic (exact) mass is 415 g/mol. The quantitative estimate of drug-likeness (QED) is 0.482. The minimum Gasteiger partial charge on any atom is -0.497 e. The van der Waals surface area contributed by atoms with Crippen molar-refractivity contribution in [3.63, 3.8) is 0 Å². The lowest BCUT2D eigenvalue weighted by molar-refractivity contribution is 0.0946. The first kappa shape index (κ1) is 20.1. The Bertz CT molecular complexity index is 1230. The maximum Gasteiger partial charge on any atom is 0.271 e. The van der Waals surface area contributed by atoms with Crippen LogP contribution in [0.1, 0.15) is 26.5 Å². The molecule has 0 saturated carbocycles. The molecule has 31 heavy (non-hydrogen) atoms. The van der Waals surface area contributed by atoms with E-state index in [0.29, 0.717) is 24.4 Å². The topological polar surface area (TPSA) is 112 Å². The van der Waals surface area contributed by atoms with Crippen LogP contribution in [0, 0.1) is 0 Å². The van der Waals surface area contributed by atoms with E-state index in [1.54, 1.807) is 13.2 Å². The van der Waals surface area contributed by atoms with E-state index in [1.807, 2.05) is 54.6 Å². The van der Waals surface area contributed by atoms with Crippen LogP contribution in [0.25, 0.3) is 16.9 Å². The number of ether oxygens (including phenoxy) is 1. The Morgan fingerprint density at radius 1 is 1.10 bits per heavy atom. The maximum atomic E-state index is 13.0. The number of nitrogens with zero attached hydrogens (tertiary/aromatic N) is 3. The number of aromatic nitrogens is 3. The maximum absolute atomic E-state index is 13.0. The first-order valence-corrected chi connectivity index (χ1v) is 9.71. The lowest BCUT2D eigenvalue weighted by atomic mass is 10.1. The van der Waals surface area contributed by atoms with Crippen molar-refractivity contribution in [1.82, 2.24) is 19.7 Å². The van der Waals surface area contributed by atoms with E-state index in [1.165, 1.54) is 10.7 Å². The second kappa shape index (κ2) is 8.66. The van der Waals surface area contributed by atoms with Gasteiger partial charge in [-0.05, 0) is 30.2 Å². The third-order valence-corrected chi connectivity index (χ3v) is 4.90. The van der Waals surface area contributed by atoms with Crippen molar-refractivity contribution in [2.75, 3.05) is 13.7 Å². The number of carbonyl (C=O) groups is 2. The van der Waals surface area contributed by atoms with Gasteiger partial charge in [0.2, 0.25) is 0 Å². The zero-order valence-corrected chi connectivity index (χ0v) is 16.9. The Morgan fingerprint density at radius 3 is 2.52 bits per heavy atom. The van der Waals surface area contributed by atoms with Crippen molar-refractivity contribution in [2.24, 2.45) is 5.73 Å². The van der Waals surface area contributed by atoms with Gasteiger partial charge in [0.15, 0.2) is 11.3 Å².